The molecule has 0 amide bonds. The van der Waals surface area contributed by atoms with Crippen LogP contribution < -0.4 is 0 Å². The number of hydrogen-bond donors (Lipinski definition) is 2. The maximum absolute atomic E-state index is 4.12. The van der Waals surface area contributed by atoms with Gasteiger partial charge in [-0.2, -0.15) is 9.78 Å². The van der Waals surface area contributed by atoms with Crippen molar-refractivity contribution in [2.45, 2.75) is 4.45 Å². The first-order chi connectivity index (χ1) is 2.21. The second-order valence-corrected chi connectivity index (χ2v) is 2.25. The van der Waals surface area contributed by atoms with E-state index in [0.717, 1.165) is 0 Å². The second kappa shape index (κ2) is 0.815. The molecule has 1 heterocycles. The van der Waals surface area contributed by atoms with E-state index >= 15 is 0 Å². The molecule has 2 nitrogen and oxygen atoms in total. The summed E-state index contributed by atoms with van der Waals surface area (Å²) in [5.74, 6) is 0. The summed E-state index contributed by atoms with van der Waals surface area (Å²) in [5.41, 5.74) is 0. The van der Waals surface area contributed by atoms with Gasteiger partial charge in [-0.3, -0.25) is 0 Å². The highest BCUT2D eigenvalue weighted by Gasteiger charge is 2.40. The molecule has 30 valence electrons. The molecule has 1 fully saturated rings. The number of thiol groups is 2. The van der Waals surface area contributed by atoms with Crippen LogP contribution in [-0.2, 0) is 9.78 Å². The Morgan fingerprint density at radius 2 is 1.40 bits per heavy atom. The maximum atomic E-state index is 4.12. The summed E-state index contributed by atoms with van der Waals surface area (Å²) >= 11 is 7.31. The van der Waals surface area contributed by atoms with Gasteiger partial charge in [0.2, 0.25) is 0 Å². The third kappa shape index (κ3) is 1.00. The van der Waals surface area contributed by atoms with Crippen LogP contribution in [0.2, 0.25) is 0 Å². The van der Waals surface area contributed by atoms with Crippen molar-refractivity contribution in [3.05, 3.63) is 0 Å². The lowest BCUT2D eigenvalue weighted by Crippen LogP contribution is -1.77. The molecule has 1 rings (SSSR count). The van der Waals surface area contributed by atoms with Crippen molar-refractivity contribution in [1.82, 2.24) is 0 Å². The summed E-state index contributed by atoms with van der Waals surface area (Å²) in [7, 11) is 0. The molecule has 0 saturated carbocycles. The Morgan fingerprint density at radius 3 is 1.40 bits per heavy atom. The van der Waals surface area contributed by atoms with Crippen LogP contribution in [0.15, 0.2) is 0 Å². The van der Waals surface area contributed by atoms with E-state index in [9.17, 15) is 0 Å². The molecule has 0 aliphatic carbocycles. The first-order valence-electron chi connectivity index (χ1n) is 1.02. The highest BCUT2D eigenvalue weighted by molar-refractivity contribution is 8.00. The average molecular weight is 110 g/mol. The van der Waals surface area contributed by atoms with E-state index in [0.29, 0.717) is 0 Å². The van der Waals surface area contributed by atoms with Crippen molar-refractivity contribution in [1.29, 1.82) is 0 Å². The van der Waals surface area contributed by atoms with Gasteiger partial charge in [-0.25, -0.2) is 0 Å². The first kappa shape index (κ1) is 3.80. The zero-order valence-corrected chi connectivity index (χ0v) is 4.00. The van der Waals surface area contributed by atoms with Crippen LogP contribution in [0, 0.1) is 0 Å². The highest BCUT2D eigenvalue weighted by Crippen LogP contribution is 2.36. The van der Waals surface area contributed by atoms with Crippen LogP contribution in [0.4, 0.5) is 0 Å². The van der Waals surface area contributed by atoms with Gasteiger partial charge in [0.25, 0.3) is 0 Å². The fourth-order valence-corrected chi connectivity index (χ4v) is 0.112. The maximum Gasteiger partial charge on any atom is 0.321 e. The van der Waals surface area contributed by atoms with E-state index in [1.807, 2.05) is 0 Å². The van der Waals surface area contributed by atoms with Gasteiger partial charge in [0, 0.05) is 0 Å². The molecule has 1 aliphatic heterocycles. The van der Waals surface area contributed by atoms with Crippen molar-refractivity contribution < 1.29 is 9.78 Å². The van der Waals surface area contributed by atoms with Gasteiger partial charge in [-0.15, -0.1) is 0 Å². The minimum atomic E-state index is -0.861. The van der Waals surface area contributed by atoms with Crippen LogP contribution in [0.1, 0.15) is 0 Å². The molecule has 1 saturated heterocycles. The lowest BCUT2D eigenvalue weighted by molar-refractivity contribution is 0.0850. The lowest BCUT2D eigenvalue weighted by Gasteiger charge is -1.71. The molecule has 0 aromatic carbocycles. The van der Waals surface area contributed by atoms with Gasteiger partial charge in [0.15, 0.2) is 0 Å². The molecule has 0 aromatic heterocycles. The van der Waals surface area contributed by atoms with Gasteiger partial charge in [0.05, 0.1) is 0 Å². The molecule has 0 spiro atoms. The van der Waals surface area contributed by atoms with Crippen molar-refractivity contribution in [3.63, 3.8) is 0 Å². The molecule has 0 aromatic rings. The topological polar surface area (TPSA) is 25.1 Å². The second-order valence-electron chi connectivity index (χ2n) is 0.715. The molecule has 0 unspecified atom stereocenters. The van der Waals surface area contributed by atoms with Crippen LogP contribution in [0.25, 0.3) is 0 Å². The molecule has 0 radical (unpaired) electrons. The van der Waals surface area contributed by atoms with Crippen LogP contribution in [0.3, 0.4) is 0 Å². The predicted octanol–water partition coefficient (Wildman–Crippen LogP) is 0.419. The summed E-state index contributed by atoms with van der Waals surface area (Å²) < 4.78 is -0.861. The third-order valence-corrected chi connectivity index (χ3v) is 0.531. The average Bonchev–Trinajstić information content (AvgIpc) is 1.76. The summed E-state index contributed by atoms with van der Waals surface area (Å²) in [5, 5.41) is 0. The summed E-state index contributed by atoms with van der Waals surface area (Å²) in [4.78, 5) is 8.25. The smallest absolute Gasteiger partial charge is 0.171 e. The zero-order valence-electron chi connectivity index (χ0n) is 2.21. The van der Waals surface area contributed by atoms with Crippen molar-refractivity contribution in [2.75, 3.05) is 0 Å². The predicted molar refractivity (Wildman–Crippen MR) is 22.9 cm³/mol. The Bertz CT molecular complexity index is 45.6. The molecular formula is CH2O2S2. The van der Waals surface area contributed by atoms with Gasteiger partial charge in [-0.05, 0) is 0 Å². The largest absolute Gasteiger partial charge is 0.321 e. The fourth-order valence-electron chi connectivity index (χ4n) is 0.0373. The Morgan fingerprint density at radius 1 is 1.20 bits per heavy atom. The normalized spacial score (nSPS) is 30.0. The first-order valence-corrected chi connectivity index (χ1v) is 1.92. The van der Waals surface area contributed by atoms with E-state index in [2.05, 4.69) is 35.0 Å². The van der Waals surface area contributed by atoms with E-state index in [1.165, 1.54) is 0 Å². The van der Waals surface area contributed by atoms with Gasteiger partial charge < -0.3 is 0 Å². The Hall–Kier alpha value is 0.620. The molecular weight excluding hydrogens is 108 g/mol. The quantitative estimate of drug-likeness (QED) is 0.204. The molecule has 4 heteroatoms. The molecule has 5 heavy (non-hydrogen) atoms. The minimum absolute atomic E-state index is 0.861. The minimum Gasteiger partial charge on any atom is -0.171 e. The van der Waals surface area contributed by atoms with Crippen molar-refractivity contribution >= 4 is 25.3 Å². The Balaban J connectivity index is 2.38. The Labute approximate surface area is 40.2 Å². The van der Waals surface area contributed by atoms with Gasteiger partial charge in [0.1, 0.15) is 0 Å². The standard InChI is InChI=1S/CH2O2S2/c4-1(5)2-3-1/h4-5H. The molecule has 1 aliphatic rings. The monoisotopic (exact) mass is 110 g/mol. The third-order valence-electron chi connectivity index (χ3n) is 0.232. The molecule has 0 atom stereocenters. The van der Waals surface area contributed by atoms with Crippen LogP contribution >= 0.6 is 25.3 Å². The zero-order chi connectivity index (χ0) is 3.91. The van der Waals surface area contributed by atoms with Crippen LogP contribution in [-0.4, -0.2) is 4.45 Å². The lowest BCUT2D eigenvalue weighted by atomic mass is 11.5. The fraction of sp³-hybridized carbons (Fsp3) is 1.00. The SMILES string of the molecule is SC1(S)OO1. The number of hydrogen-bond acceptors (Lipinski definition) is 4. The number of rotatable bonds is 0. The van der Waals surface area contributed by atoms with Crippen molar-refractivity contribution in [2.24, 2.45) is 0 Å². The van der Waals surface area contributed by atoms with Crippen molar-refractivity contribution in [3.8, 4) is 0 Å². The van der Waals surface area contributed by atoms with E-state index in [4.69, 9.17) is 0 Å². The molecule has 0 N–H and O–H groups in total. The summed E-state index contributed by atoms with van der Waals surface area (Å²) in [6.45, 7) is 0. The Kier molecular flexibility index (Phi) is 0.619. The summed E-state index contributed by atoms with van der Waals surface area (Å²) in [6, 6.07) is 0. The van der Waals surface area contributed by atoms with E-state index in [1.54, 1.807) is 0 Å². The van der Waals surface area contributed by atoms with Gasteiger partial charge >= 0.3 is 4.45 Å². The van der Waals surface area contributed by atoms with Gasteiger partial charge in [-0.1, -0.05) is 25.3 Å². The molecule has 0 bridgehead atoms. The van der Waals surface area contributed by atoms with E-state index in [-0.39, 0.29) is 0 Å². The van der Waals surface area contributed by atoms with E-state index < -0.39 is 4.45 Å². The summed E-state index contributed by atoms with van der Waals surface area (Å²) in [6.07, 6.45) is 0. The van der Waals surface area contributed by atoms with Crippen LogP contribution in [0.5, 0.6) is 0 Å². The highest BCUT2D eigenvalue weighted by atomic mass is 32.2.